The summed E-state index contributed by atoms with van der Waals surface area (Å²) in [5, 5.41) is 2.61. The molecule has 0 aliphatic carbocycles. The fourth-order valence-corrected chi connectivity index (χ4v) is 5.24. The van der Waals surface area contributed by atoms with E-state index >= 15 is 0 Å². The Morgan fingerprint density at radius 1 is 1.10 bits per heavy atom. The van der Waals surface area contributed by atoms with Crippen LogP contribution in [0.2, 0.25) is 0 Å². The van der Waals surface area contributed by atoms with Crippen LogP contribution in [0.15, 0.2) is 53.4 Å². The monoisotopic (exact) mass is 420 g/mol. The third-order valence-electron chi connectivity index (χ3n) is 4.81. The van der Waals surface area contributed by atoms with Gasteiger partial charge in [0.15, 0.2) is 18.2 Å². The van der Waals surface area contributed by atoms with Gasteiger partial charge < -0.3 is 10.1 Å². The molecule has 1 aliphatic heterocycles. The van der Waals surface area contributed by atoms with Crippen LogP contribution in [-0.4, -0.2) is 38.3 Å². The number of rotatable bonds is 6. The Hall–Kier alpha value is -2.45. The molecule has 0 spiro atoms. The number of para-hydroxylation sites is 1. The highest BCUT2D eigenvalue weighted by molar-refractivity contribution is 7.89. The van der Waals surface area contributed by atoms with E-state index in [0.717, 1.165) is 6.42 Å². The molecular formula is C21H25FN2O4S. The first-order chi connectivity index (χ1) is 13.8. The van der Waals surface area contributed by atoms with Crippen molar-refractivity contribution in [1.82, 2.24) is 4.31 Å². The van der Waals surface area contributed by atoms with Crippen LogP contribution in [0.5, 0.6) is 5.75 Å². The van der Waals surface area contributed by atoms with Crippen LogP contribution in [0.4, 0.5) is 10.1 Å². The number of anilines is 1. The molecule has 0 unspecified atom stereocenters. The predicted molar refractivity (Wildman–Crippen MR) is 109 cm³/mol. The zero-order valence-corrected chi connectivity index (χ0v) is 17.3. The lowest BCUT2D eigenvalue weighted by molar-refractivity contribution is -0.118. The number of ether oxygens (including phenoxy) is 1. The Morgan fingerprint density at radius 3 is 2.34 bits per heavy atom. The van der Waals surface area contributed by atoms with Crippen LogP contribution in [0.3, 0.4) is 0 Å². The number of hydrogen-bond acceptors (Lipinski definition) is 4. The van der Waals surface area contributed by atoms with Gasteiger partial charge in [0.05, 0.1) is 4.90 Å². The van der Waals surface area contributed by atoms with Gasteiger partial charge in [-0.25, -0.2) is 12.8 Å². The van der Waals surface area contributed by atoms with Crippen molar-refractivity contribution in [3.8, 4) is 5.75 Å². The number of amides is 1. The molecule has 2 aromatic carbocycles. The highest BCUT2D eigenvalue weighted by Crippen LogP contribution is 2.27. The quantitative estimate of drug-likeness (QED) is 0.776. The van der Waals surface area contributed by atoms with Crippen molar-refractivity contribution in [1.29, 1.82) is 0 Å². The fraction of sp³-hybridized carbons (Fsp3) is 0.381. The summed E-state index contributed by atoms with van der Waals surface area (Å²) in [6, 6.07) is 11.8. The second-order valence-corrected chi connectivity index (χ2v) is 9.50. The molecule has 1 heterocycles. The van der Waals surface area contributed by atoms with Crippen LogP contribution in [-0.2, 0) is 14.8 Å². The average molecular weight is 421 g/mol. The Labute approximate surface area is 170 Å². The van der Waals surface area contributed by atoms with Crippen molar-refractivity contribution in [3.05, 3.63) is 54.3 Å². The molecule has 6 nitrogen and oxygen atoms in total. The lowest BCUT2D eigenvalue weighted by Crippen LogP contribution is -2.42. The first kappa shape index (κ1) is 21.3. The van der Waals surface area contributed by atoms with Gasteiger partial charge in [-0.3, -0.25) is 4.79 Å². The van der Waals surface area contributed by atoms with E-state index in [1.54, 1.807) is 6.07 Å². The number of nitrogens with zero attached hydrogens (tertiary/aromatic N) is 1. The SMILES string of the molecule is C[C@H]1C[C@H](C)CN(S(=O)(=O)c2ccc(NC(=O)COc3ccccc3F)cc2)C1. The van der Waals surface area contributed by atoms with E-state index in [4.69, 9.17) is 4.74 Å². The minimum Gasteiger partial charge on any atom is -0.481 e. The third-order valence-corrected chi connectivity index (χ3v) is 6.65. The highest BCUT2D eigenvalue weighted by Gasteiger charge is 2.31. The number of nitrogens with one attached hydrogen (secondary N) is 1. The maximum Gasteiger partial charge on any atom is 0.262 e. The lowest BCUT2D eigenvalue weighted by atomic mass is 9.94. The number of piperidine rings is 1. The van der Waals surface area contributed by atoms with E-state index in [-0.39, 0.29) is 17.3 Å². The number of carbonyl (C=O) groups is 1. The summed E-state index contributed by atoms with van der Waals surface area (Å²) in [6.45, 7) is 4.78. The molecule has 0 aromatic heterocycles. The first-order valence-corrected chi connectivity index (χ1v) is 11.0. The Morgan fingerprint density at radius 2 is 1.72 bits per heavy atom. The van der Waals surface area contributed by atoms with E-state index in [0.29, 0.717) is 30.6 Å². The topological polar surface area (TPSA) is 75.7 Å². The number of sulfonamides is 1. The van der Waals surface area contributed by atoms with Gasteiger partial charge in [0, 0.05) is 18.8 Å². The van der Waals surface area contributed by atoms with Crippen molar-refractivity contribution in [2.75, 3.05) is 25.0 Å². The second-order valence-electron chi connectivity index (χ2n) is 7.56. The molecule has 1 saturated heterocycles. The summed E-state index contributed by atoms with van der Waals surface area (Å²) >= 11 is 0. The van der Waals surface area contributed by atoms with Crippen molar-refractivity contribution in [2.45, 2.75) is 25.2 Å². The molecule has 0 bridgehead atoms. The first-order valence-electron chi connectivity index (χ1n) is 9.53. The standard InChI is InChI=1S/C21H25FN2O4S/c1-15-11-16(2)13-24(12-15)29(26,27)18-9-7-17(8-10-18)23-21(25)14-28-20-6-4-3-5-19(20)22/h3-10,15-16H,11-14H2,1-2H3,(H,23,25)/t15-,16-/m0/s1. The van der Waals surface area contributed by atoms with Gasteiger partial charge in [0.1, 0.15) is 0 Å². The summed E-state index contributed by atoms with van der Waals surface area (Å²) in [5.41, 5.74) is 0.437. The molecule has 8 heteroatoms. The molecule has 2 aromatic rings. The van der Waals surface area contributed by atoms with Crippen molar-refractivity contribution >= 4 is 21.6 Å². The molecule has 156 valence electrons. The average Bonchev–Trinajstić information content (AvgIpc) is 2.67. The summed E-state index contributed by atoms with van der Waals surface area (Å²) in [6.07, 6.45) is 1.02. The Kier molecular flexibility index (Phi) is 6.54. The Balaban J connectivity index is 1.61. The third kappa shape index (κ3) is 5.33. The minimum atomic E-state index is -3.57. The van der Waals surface area contributed by atoms with Gasteiger partial charge in [-0.1, -0.05) is 26.0 Å². The van der Waals surface area contributed by atoms with Crippen molar-refractivity contribution in [2.24, 2.45) is 11.8 Å². The number of hydrogen-bond donors (Lipinski definition) is 1. The second kappa shape index (κ2) is 8.92. The molecule has 1 N–H and O–H groups in total. The molecule has 29 heavy (non-hydrogen) atoms. The van der Waals surface area contributed by atoms with E-state index in [1.807, 2.05) is 0 Å². The van der Waals surface area contributed by atoms with E-state index in [2.05, 4.69) is 19.2 Å². The van der Waals surface area contributed by atoms with Gasteiger partial charge in [-0.2, -0.15) is 4.31 Å². The molecule has 3 rings (SSSR count). The van der Waals surface area contributed by atoms with Gasteiger partial charge >= 0.3 is 0 Å². The number of halogens is 1. The Bertz CT molecular complexity index is 953. The zero-order valence-electron chi connectivity index (χ0n) is 16.5. The normalized spacial score (nSPS) is 20.2. The maximum absolute atomic E-state index is 13.5. The van der Waals surface area contributed by atoms with Gasteiger partial charge in [0.25, 0.3) is 5.91 Å². The molecule has 0 saturated carbocycles. The summed E-state index contributed by atoms with van der Waals surface area (Å²) < 4.78 is 46.0. The van der Waals surface area contributed by atoms with Crippen LogP contribution in [0, 0.1) is 17.7 Å². The molecular weight excluding hydrogens is 395 g/mol. The highest BCUT2D eigenvalue weighted by atomic mass is 32.2. The minimum absolute atomic E-state index is 0.00548. The van der Waals surface area contributed by atoms with Crippen LogP contribution >= 0.6 is 0 Å². The molecule has 2 atom stereocenters. The summed E-state index contributed by atoms with van der Waals surface area (Å²) in [7, 11) is -3.57. The van der Waals surface area contributed by atoms with E-state index < -0.39 is 21.7 Å². The van der Waals surface area contributed by atoms with E-state index in [1.165, 1.54) is 46.8 Å². The maximum atomic E-state index is 13.5. The number of carbonyl (C=O) groups excluding carboxylic acids is 1. The molecule has 1 fully saturated rings. The summed E-state index contributed by atoms with van der Waals surface area (Å²) in [5.74, 6) is -0.379. The fourth-order valence-electron chi connectivity index (χ4n) is 3.56. The van der Waals surface area contributed by atoms with Crippen LogP contribution in [0.1, 0.15) is 20.3 Å². The molecule has 1 amide bonds. The van der Waals surface area contributed by atoms with E-state index in [9.17, 15) is 17.6 Å². The van der Waals surface area contributed by atoms with Crippen molar-refractivity contribution in [3.63, 3.8) is 0 Å². The lowest BCUT2D eigenvalue weighted by Gasteiger charge is -2.34. The van der Waals surface area contributed by atoms with Gasteiger partial charge in [0.2, 0.25) is 10.0 Å². The molecule has 0 radical (unpaired) electrons. The van der Waals surface area contributed by atoms with Crippen molar-refractivity contribution < 1.29 is 22.3 Å². The predicted octanol–water partition coefficient (Wildman–Crippen LogP) is 3.51. The smallest absolute Gasteiger partial charge is 0.262 e. The largest absolute Gasteiger partial charge is 0.481 e. The van der Waals surface area contributed by atoms with Crippen LogP contribution in [0.25, 0.3) is 0 Å². The van der Waals surface area contributed by atoms with Crippen LogP contribution < -0.4 is 10.1 Å². The van der Waals surface area contributed by atoms with Gasteiger partial charge in [-0.15, -0.1) is 0 Å². The molecule has 1 aliphatic rings. The zero-order chi connectivity index (χ0) is 21.0. The summed E-state index contributed by atoms with van der Waals surface area (Å²) in [4.78, 5) is 12.2. The number of benzene rings is 2. The van der Waals surface area contributed by atoms with Gasteiger partial charge in [-0.05, 0) is 54.7 Å².